The van der Waals surface area contributed by atoms with Crippen molar-refractivity contribution >= 4 is 5.91 Å². The van der Waals surface area contributed by atoms with Crippen LogP contribution in [-0.4, -0.2) is 22.2 Å². The van der Waals surface area contributed by atoms with Gasteiger partial charge < -0.3 is 15.5 Å². The van der Waals surface area contributed by atoms with Crippen LogP contribution in [0.5, 0.6) is 0 Å². The molecule has 0 spiro atoms. The fourth-order valence-electron chi connectivity index (χ4n) is 2.31. The van der Waals surface area contributed by atoms with Crippen LogP contribution in [0, 0.1) is 0 Å². The van der Waals surface area contributed by atoms with Crippen molar-refractivity contribution in [1.29, 1.82) is 0 Å². The Morgan fingerprint density at radius 2 is 1.45 bits per heavy atom. The van der Waals surface area contributed by atoms with Crippen LogP contribution in [-0.2, 0) is 4.79 Å². The van der Waals surface area contributed by atoms with Gasteiger partial charge in [-0.25, -0.2) is 0 Å². The predicted molar refractivity (Wildman–Crippen MR) is 85.0 cm³/mol. The second-order valence-corrected chi connectivity index (χ2v) is 5.39. The van der Waals surface area contributed by atoms with Gasteiger partial charge in [-0.3, -0.25) is 4.79 Å². The lowest BCUT2D eigenvalue weighted by Gasteiger charge is -2.20. The number of carbonyl (C=O) groups is 1. The van der Waals surface area contributed by atoms with Crippen LogP contribution in [0.25, 0.3) is 0 Å². The van der Waals surface area contributed by atoms with Gasteiger partial charge in [-0.05, 0) is 24.5 Å². The molecule has 0 saturated carbocycles. The minimum Gasteiger partial charge on any atom is -0.388 e. The van der Waals surface area contributed by atoms with Gasteiger partial charge >= 0.3 is 0 Å². The van der Waals surface area contributed by atoms with Crippen molar-refractivity contribution in [3.8, 4) is 0 Å². The van der Waals surface area contributed by atoms with Crippen LogP contribution in [0.15, 0.2) is 60.7 Å². The molecule has 22 heavy (non-hydrogen) atoms. The standard InChI is InChI=1S/C18H21NO3/c1-13(12-16(20)14-8-4-2-5-9-14)19-18(22)17(21)15-10-6-3-7-11-15/h2-11,13,16-17,20-21H,12H2,1H3,(H,19,22). The Labute approximate surface area is 130 Å². The van der Waals surface area contributed by atoms with Gasteiger partial charge in [-0.1, -0.05) is 60.7 Å². The van der Waals surface area contributed by atoms with Gasteiger partial charge in [0.1, 0.15) is 0 Å². The minimum absolute atomic E-state index is 0.249. The lowest BCUT2D eigenvalue weighted by Crippen LogP contribution is -2.37. The molecular weight excluding hydrogens is 278 g/mol. The maximum atomic E-state index is 12.0. The summed E-state index contributed by atoms with van der Waals surface area (Å²) in [5.41, 5.74) is 1.36. The van der Waals surface area contributed by atoms with E-state index in [1.165, 1.54) is 0 Å². The molecule has 0 bridgehead atoms. The Bertz CT molecular complexity index is 586. The van der Waals surface area contributed by atoms with Crippen LogP contribution in [0.1, 0.15) is 36.7 Å². The molecule has 4 nitrogen and oxygen atoms in total. The van der Waals surface area contributed by atoms with Gasteiger partial charge in [0.15, 0.2) is 6.10 Å². The number of hydrogen-bond donors (Lipinski definition) is 3. The molecule has 2 aromatic carbocycles. The molecule has 2 aromatic rings. The van der Waals surface area contributed by atoms with Gasteiger partial charge in [0.2, 0.25) is 0 Å². The van der Waals surface area contributed by atoms with Crippen LogP contribution >= 0.6 is 0 Å². The SMILES string of the molecule is CC(CC(O)c1ccccc1)NC(=O)C(O)c1ccccc1. The van der Waals surface area contributed by atoms with Crippen molar-refractivity contribution in [2.24, 2.45) is 0 Å². The Morgan fingerprint density at radius 3 is 2.00 bits per heavy atom. The van der Waals surface area contributed by atoms with Crippen LogP contribution in [0.3, 0.4) is 0 Å². The lowest BCUT2D eigenvalue weighted by atomic mass is 10.0. The van der Waals surface area contributed by atoms with Crippen LogP contribution < -0.4 is 5.32 Å². The number of aliphatic hydroxyl groups is 2. The third-order valence-electron chi connectivity index (χ3n) is 3.51. The van der Waals surface area contributed by atoms with E-state index in [-0.39, 0.29) is 6.04 Å². The van der Waals surface area contributed by atoms with Gasteiger partial charge in [-0.15, -0.1) is 0 Å². The molecule has 0 aliphatic carbocycles. The average molecular weight is 299 g/mol. The second kappa shape index (κ2) is 7.73. The van der Waals surface area contributed by atoms with Crippen molar-refractivity contribution in [2.45, 2.75) is 31.6 Å². The highest BCUT2D eigenvalue weighted by Crippen LogP contribution is 2.18. The molecule has 3 N–H and O–H groups in total. The largest absolute Gasteiger partial charge is 0.388 e. The molecule has 0 aliphatic rings. The number of aliphatic hydroxyl groups excluding tert-OH is 2. The summed E-state index contributed by atoms with van der Waals surface area (Å²) in [7, 11) is 0. The number of benzene rings is 2. The number of hydrogen-bond acceptors (Lipinski definition) is 3. The Balaban J connectivity index is 1.89. The first-order valence-electron chi connectivity index (χ1n) is 7.34. The fourth-order valence-corrected chi connectivity index (χ4v) is 2.31. The highest BCUT2D eigenvalue weighted by atomic mass is 16.3. The first kappa shape index (κ1) is 16.2. The molecule has 3 atom stereocenters. The zero-order valence-electron chi connectivity index (χ0n) is 12.5. The molecule has 0 heterocycles. The summed E-state index contributed by atoms with van der Waals surface area (Å²) in [6.07, 6.45) is -1.46. The van der Waals surface area contributed by atoms with Crippen molar-refractivity contribution < 1.29 is 15.0 Å². The van der Waals surface area contributed by atoms with E-state index in [1.807, 2.05) is 43.3 Å². The van der Waals surface area contributed by atoms with E-state index in [2.05, 4.69) is 5.32 Å². The van der Waals surface area contributed by atoms with Crippen molar-refractivity contribution in [3.05, 3.63) is 71.8 Å². The maximum Gasteiger partial charge on any atom is 0.253 e. The second-order valence-electron chi connectivity index (χ2n) is 5.39. The van der Waals surface area contributed by atoms with E-state index >= 15 is 0 Å². The highest BCUT2D eigenvalue weighted by molar-refractivity contribution is 5.82. The van der Waals surface area contributed by atoms with Gasteiger partial charge in [0.05, 0.1) is 6.10 Å². The first-order valence-corrected chi connectivity index (χ1v) is 7.34. The molecule has 0 aromatic heterocycles. The van der Waals surface area contributed by atoms with Gasteiger partial charge in [-0.2, -0.15) is 0 Å². The molecular formula is C18H21NO3. The third kappa shape index (κ3) is 4.41. The average Bonchev–Trinajstić information content (AvgIpc) is 2.55. The topological polar surface area (TPSA) is 69.6 Å². The van der Waals surface area contributed by atoms with Crippen LogP contribution in [0.4, 0.5) is 0 Å². The van der Waals surface area contributed by atoms with Gasteiger partial charge in [0.25, 0.3) is 5.91 Å². The molecule has 3 unspecified atom stereocenters. The summed E-state index contributed by atoms with van der Waals surface area (Å²) in [4.78, 5) is 12.0. The molecule has 0 fully saturated rings. The monoisotopic (exact) mass is 299 g/mol. The Kier molecular flexibility index (Phi) is 5.69. The zero-order chi connectivity index (χ0) is 15.9. The lowest BCUT2D eigenvalue weighted by molar-refractivity contribution is -0.130. The minimum atomic E-state index is -1.20. The Morgan fingerprint density at radius 1 is 0.955 bits per heavy atom. The van der Waals surface area contributed by atoms with E-state index in [9.17, 15) is 15.0 Å². The maximum absolute atomic E-state index is 12.0. The third-order valence-corrected chi connectivity index (χ3v) is 3.51. The molecule has 2 rings (SSSR count). The molecule has 0 radical (unpaired) electrons. The fraction of sp³-hybridized carbons (Fsp3) is 0.278. The molecule has 1 amide bonds. The molecule has 4 heteroatoms. The van der Waals surface area contributed by atoms with Crippen molar-refractivity contribution in [2.75, 3.05) is 0 Å². The summed E-state index contributed by atoms with van der Waals surface area (Å²) >= 11 is 0. The summed E-state index contributed by atoms with van der Waals surface area (Å²) in [6.45, 7) is 1.81. The highest BCUT2D eigenvalue weighted by Gasteiger charge is 2.20. The number of amides is 1. The predicted octanol–water partition coefficient (Wildman–Crippen LogP) is 2.35. The number of carbonyl (C=O) groups excluding carboxylic acids is 1. The number of rotatable bonds is 6. The van der Waals surface area contributed by atoms with E-state index in [4.69, 9.17) is 0 Å². The smallest absolute Gasteiger partial charge is 0.253 e. The Hall–Kier alpha value is -2.17. The normalized spacial score (nSPS) is 14.9. The molecule has 0 aliphatic heterocycles. The summed E-state index contributed by atoms with van der Waals surface area (Å²) in [6, 6.07) is 17.8. The summed E-state index contributed by atoms with van der Waals surface area (Å²) < 4.78 is 0. The van der Waals surface area contributed by atoms with Crippen LogP contribution in [0.2, 0.25) is 0 Å². The summed E-state index contributed by atoms with van der Waals surface area (Å²) in [5, 5.41) is 22.9. The van der Waals surface area contributed by atoms with Gasteiger partial charge in [0, 0.05) is 6.04 Å². The van der Waals surface area contributed by atoms with E-state index in [0.717, 1.165) is 5.56 Å². The van der Waals surface area contributed by atoms with Crippen molar-refractivity contribution in [1.82, 2.24) is 5.32 Å². The van der Waals surface area contributed by atoms with Crippen molar-refractivity contribution in [3.63, 3.8) is 0 Å². The number of nitrogens with one attached hydrogen (secondary N) is 1. The van der Waals surface area contributed by atoms with E-state index in [1.54, 1.807) is 24.3 Å². The van der Waals surface area contributed by atoms with E-state index in [0.29, 0.717) is 12.0 Å². The quantitative estimate of drug-likeness (QED) is 0.767. The van der Waals surface area contributed by atoms with E-state index < -0.39 is 18.1 Å². The molecule has 0 saturated heterocycles. The molecule has 116 valence electrons. The summed E-state index contributed by atoms with van der Waals surface area (Å²) in [5.74, 6) is -0.459. The zero-order valence-corrected chi connectivity index (χ0v) is 12.5. The first-order chi connectivity index (χ1) is 10.6.